The van der Waals surface area contributed by atoms with E-state index in [9.17, 15) is 4.79 Å². The van der Waals surface area contributed by atoms with Crippen molar-refractivity contribution in [2.45, 2.75) is 63.8 Å². The van der Waals surface area contributed by atoms with E-state index in [1.807, 2.05) is 4.90 Å². The zero-order chi connectivity index (χ0) is 15.3. The monoisotopic (exact) mass is 296 g/mol. The average Bonchev–Trinajstić information content (AvgIpc) is 2.78. The number of carbonyl (C=O) groups excluding carboxylic acids is 1. The van der Waals surface area contributed by atoms with E-state index in [1.54, 1.807) is 0 Å². The molecular formula is C15H28N4O2. The number of carbonyl (C=O) groups is 1. The Bertz CT molecular complexity index is 381. The fourth-order valence-electron chi connectivity index (χ4n) is 3.35. The molecule has 2 amide bonds. The minimum Gasteiger partial charge on any atom is -0.409 e. The zero-order valence-corrected chi connectivity index (χ0v) is 13.0. The van der Waals surface area contributed by atoms with E-state index in [1.165, 1.54) is 12.8 Å². The van der Waals surface area contributed by atoms with Crippen LogP contribution in [0, 0.1) is 5.92 Å². The first-order valence-corrected chi connectivity index (χ1v) is 8.12. The van der Waals surface area contributed by atoms with Gasteiger partial charge in [-0.05, 0) is 44.4 Å². The largest absolute Gasteiger partial charge is 0.409 e. The number of oxime groups is 1. The van der Waals surface area contributed by atoms with Gasteiger partial charge in [-0.1, -0.05) is 24.9 Å². The summed E-state index contributed by atoms with van der Waals surface area (Å²) in [6, 6.07) is -0.0712. The van der Waals surface area contributed by atoms with Crippen molar-refractivity contribution in [2.24, 2.45) is 16.8 Å². The van der Waals surface area contributed by atoms with Gasteiger partial charge in [0, 0.05) is 13.1 Å². The van der Waals surface area contributed by atoms with Gasteiger partial charge in [-0.25, -0.2) is 4.79 Å². The maximum atomic E-state index is 12.5. The van der Waals surface area contributed by atoms with Gasteiger partial charge < -0.3 is 21.2 Å². The van der Waals surface area contributed by atoms with E-state index in [-0.39, 0.29) is 11.9 Å². The van der Waals surface area contributed by atoms with Gasteiger partial charge >= 0.3 is 6.03 Å². The van der Waals surface area contributed by atoms with E-state index in [0.717, 1.165) is 51.6 Å². The van der Waals surface area contributed by atoms with Gasteiger partial charge in [0.15, 0.2) is 5.84 Å². The molecule has 1 saturated carbocycles. The summed E-state index contributed by atoms with van der Waals surface area (Å²) in [5.74, 6) is 0.761. The van der Waals surface area contributed by atoms with E-state index < -0.39 is 5.54 Å². The third-order valence-corrected chi connectivity index (χ3v) is 4.97. The molecule has 0 bridgehead atoms. The fourth-order valence-corrected chi connectivity index (χ4v) is 3.35. The van der Waals surface area contributed by atoms with Crippen molar-refractivity contribution in [3.63, 3.8) is 0 Å². The minimum absolute atomic E-state index is 0.0712. The van der Waals surface area contributed by atoms with Crippen molar-refractivity contribution >= 4 is 11.9 Å². The number of hydrogen-bond donors (Lipinski definition) is 3. The summed E-state index contributed by atoms with van der Waals surface area (Å²) in [6.45, 7) is 3.80. The molecule has 0 unspecified atom stereocenters. The number of nitrogens with one attached hydrogen (secondary N) is 1. The number of rotatable bonds is 2. The predicted octanol–water partition coefficient (Wildman–Crippen LogP) is 2.27. The van der Waals surface area contributed by atoms with Crippen LogP contribution in [0.15, 0.2) is 5.16 Å². The average molecular weight is 296 g/mol. The van der Waals surface area contributed by atoms with Crippen LogP contribution in [0.1, 0.15) is 58.3 Å². The number of likely N-dealkylation sites (tertiary alicyclic amines) is 1. The van der Waals surface area contributed by atoms with Crippen molar-refractivity contribution in [3.05, 3.63) is 0 Å². The standard InChI is InChI=1S/C15H28N4O2/c1-12-6-8-15(9-7-12,13(16)18-21)17-14(20)19-10-4-2-3-5-11-19/h12,21H,2-11H2,1H3,(H2,16,18)(H,17,20). The van der Waals surface area contributed by atoms with Gasteiger partial charge in [0.05, 0.1) is 0 Å². The Labute approximate surface area is 126 Å². The third kappa shape index (κ3) is 3.80. The Morgan fingerprint density at radius 1 is 1.24 bits per heavy atom. The van der Waals surface area contributed by atoms with Gasteiger partial charge in [-0.2, -0.15) is 0 Å². The van der Waals surface area contributed by atoms with Crippen LogP contribution in [0.4, 0.5) is 4.79 Å². The lowest BCUT2D eigenvalue weighted by atomic mass is 9.76. The van der Waals surface area contributed by atoms with Crippen molar-refractivity contribution in [2.75, 3.05) is 13.1 Å². The molecule has 1 aliphatic carbocycles. The highest BCUT2D eigenvalue weighted by Gasteiger charge is 2.40. The number of nitrogens with two attached hydrogens (primary N) is 1. The maximum Gasteiger partial charge on any atom is 0.318 e. The Hall–Kier alpha value is -1.46. The summed E-state index contributed by atoms with van der Waals surface area (Å²) in [6.07, 6.45) is 7.93. The zero-order valence-electron chi connectivity index (χ0n) is 13.0. The summed E-state index contributed by atoms with van der Waals surface area (Å²) >= 11 is 0. The molecule has 0 atom stereocenters. The normalized spacial score (nSPS) is 31.6. The molecule has 0 aromatic rings. The van der Waals surface area contributed by atoms with Crippen molar-refractivity contribution in [1.82, 2.24) is 10.2 Å². The van der Waals surface area contributed by atoms with Crippen LogP contribution < -0.4 is 11.1 Å². The number of nitrogens with zero attached hydrogens (tertiary/aromatic N) is 2. The van der Waals surface area contributed by atoms with Gasteiger partial charge in [0.1, 0.15) is 5.54 Å². The van der Waals surface area contributed by atoms with Crippen LogP contribution in [0.2, 0.25) is 0 Å². The fraction of sp³-hybridized carbons (Fsp3) is 0.867. The summed E-state index contributed by atoms with van der Waals surface area (Å²) in [5.41, 5.74) is 5.23. The molecule has 0 radical (unpaired) electrons. The van der Waals surface area contributed by atoms with Gasteiger partial charge in [0.2, 0.25) is 0 Å². The molecule has 2 fully saturated rings. The first-order valence-electron chi connectivity index (χ1n) is 8.12. The van der Waals surface area contributed by atoms with E-state index >= 15 is 0 Å². The van der Waals surface area contributed by atoms with Crippen LogP contribution in [0.3, 0.4) is 0 Å². The van der Waals surface area contributed by atoms with Gasteiger partial charge in [-0.15, -0.1) is 0 Å². The molecule has 0 aromatic carbocycles. The van der Waals surface area contributed by atoms with Crippen LogP contribution in [-0.2, 0) is 0 Å². The highest BCUT2D eigenvalue weighted by Crippen LogP contribution is 2.32. The number of hydrogen-bond acceptors (Lipinski definition) is 3. The molecule has 21 heavy (non-hydrogen) atoms. The third-order valence-electron chi connectivity index (χ3n) is 4.97. The number of amidine groups is 1. The predicted molar refractivity (Wildman–Crippen MR) is 82.3 cm³/mol. The van der Waals surface area contributed by atoms with Crippen molar-refractivity contribution in [3.8, 4) is 0 Å². The summed E-state index contributed by atoms with van der Waals surface area (Å²) < 4.78 is 0. The second-order valence-corrected chi connectivity index (χ2v) is 6.58. The second kappa shape index (κ2) is 7.00. The number of amides is 2. The Balaban J connectivity index is 2.06. The Kier molecular flexibility index (Phi) is 5.31. The van der Waals surface area contributed by atoms with Crippen LogP contribution in [0.5, 0.6) is 0 Å². The van der Waals surface area contributed by atoms with E-state index in [2.05, 4.69) is 17.4 Å². The van der Waals surface area contributed by atoms with Crippen LogP contribution in [0.25, 0.3) is 0 Å². The smallest absolute Gasteiger partial charge is 0.318 e. The summed E-state index contributed by atoms with van der Waals surface area (Å²) in [4.78, 5) is 14.4. The summed E-state index contributed by atoms with van der Waals surface area (Å²) in [5, 5.41) is 15.3. The molecule has 4 N–H and O–H groups in total. The van der Waals surface area contributed by atoms with Gasteiger partial charge in [-0.3, -0.25) is 0 Å². The minimum atomic E-state index is -0.676. The molecule has 6 heteroatoms. The highest BCUT2D eigenvalue weighted by molar-refractivity contribution is 5.93. The van der Waals surface area contributed by atoms with Crippen LogP contribution >= 0.6 is 0 Å². The van der Waals surface area contributed by atoms with Gasteiger partial charge in [0.25, 0.3) is 0 Å². The first-order chi connectivity index (χ1) is 10.1. The Morgan fingerprint density at radius 2 is 1.81 bits per heavy atom. The molecule has 1 aliphatic heterocycles. The highest BCUT2D eigenvalue weighted by atomic mass is 16.4. The number of urea groups is 1. The van der Waals surface area contributed by atoms with Crippen molar-refractivity contribution < 1.29 is 10.0 Å². The lowest BCUT2D eigenvalue weighted by molar-refractivity contribution is 0.178. The molecule has 2 rings (SSSR count). The Morgan fingerprint density at radius 3 is 2.33 bits per heavy atom. The first kappa shape index (κ1) is 15.9. The molecule has 2 aliphatic rings. The molecule has 0 spiro atoms. The quantitative estimate of drug-likeness (QED) is 0.316. The molecule has 1 heterocycles. The topological polar surface area (TPSA) is 91.0 Å². The maximum absolute atomic E-state index is 12.5. The second-order valence-electron chi connectivity index (χ2n) is 6.58. The van der Waals surface area contributed by atoms with E-state index in [0.29, 0.717) is 5.92 Å². The SMILES string of the molecule is CC1CCC(NC(=O)N2CCCCCC2)(C(N)=NO)CC1. The lowest BCUT2D eigenvalue weighted by Gasteiger charge is -2.40. The lowest BCUT2D eigenvalue weighted by Crippen LogP contribution is -2.61. The molecular weight excluding hydrogens is 268 g/mol. The molecule has 0 aromatic heterocycles. The molecule has 6 nitrogen and oxygen atoms in total. The summed E-state index contributed by atoms with van der Waals surface area (Å²) in [7, 11) is 0. The molecule has 120 valence electrons. The molecule has 1 saturated heterocycles. The van der Waals surface area contributed by atoms with E-state index in [4.69, 9.17) is 10.9 Å². The van der Waals surface area contributed by atoms with Crippen LogP contribution in [-0.4, -0.2) is 40.6 Å². The van der Waals surface area contributed by atoms with Crippen molar-refractivity contribution in [1.29, 1.82) is 0 Å².